The topological polar surface area (TPSA) is 47.5 Å². The Morgan fingerprint density at radius 1 is 1.08 bits per heavy atom. The number of aromatic nitrogens is 2. The number of nitrogens with zero attached hydrogens (tertiary/aromatic N) is 3. The number of hydrogen-bond donors (Lipinski definition) is 0. The van der Waals surface area contributed by atoms with Crippen LogP contribution in [0.15, 0.2) is 30.5 Å². The molecule has 0 fully saturated rings. The molecular weight excluding hydrogens is 347 g/mol. The van der Waals surface area contributed by atoms with E-state index in [1.54, 1.807) is 17.9 Å². The molecule has 5 nitrogen and oxygen atoms in total. The molecule has 0 spiro atoms. The minimum absolute atomic E-state index is 0.0713. The van der Waals surface area contributed by atoms with E-state index in [9.17, 15) is 13.2 Å². The van der Waals surface area contributed by atoms with Gasteiger partial charge in [0, 0.05) is 12.7 Å². The minimum Gasteiger partial charge on any atom is -0.491 e. The van der Waals surface area contributed by atoms with Crippen molar-refractivity contribution in [3.05, 3.63) is 36.0 Å². The highest BCUT2D eigenvalue weighted by Crippen LogP contribution is 2.37. The molecule has 1 aromatic heterocycles. The van der Waals surface area contributed by atoms with Crippen molar-refractivity contribution in [3.63, 3.8) is 0 Å². The van der Waals surface area contributed by atoms with Gasteiger partial charge >= 0.3 is 6.18 Å². The first-order chi connectivity index (χ1) is 12.4. The van der Waals surface area contributed by atoms with Gasteiger partial charge in [-0.2, -0.15) is 18.2 Å². The van der Waals surface area contributed by atoms with Gasteiger partial charge in [-0.15, -0.1) is 0 Å². The first-order valence-corrected chi connectivity index (χ1v) is 8.48. The number of rotatable bonds is 8. The summed E-state index contributed by atoms with van der Waals surface area (Å²) >= 11 is 0. The van der Waals surface area contributed by atoms with Crippen LogP contribution in [0.3, 0.4) is 0 Å². The Labute approximate surface area is 150 Å². The van der Waals surface area contributed by atoms with Crippen LogP contribution in [-0.4, -0.2) is 29.7 Å². The van der Waals surface area contributed by atoms with Crippen LogP contribution in [0, 0.1) is 0 Å². The van der Waals surface area contributed by atoms with Crippen molar-refractivity contribution >= 4 is 11.6 Å². The van der Waals surface area contributed by atoms with Crippen molar-refractivity contribution in [2.24, 2.45) is 0 Å². The summed E-state index contributed by atoms with van der Waals surface area (Å²) in [7, 11) is 0. The molecule has 0 N–H and O–H groups in total. The predicted molar refractivity (Wildman–Crippen MR) is 93.1 cm³/mol. The standard InChI is InChI=1S/C18H22F3N3O2/c1-4-11-26-15-10-8-7-9-14(15)24(5-2)17-22-12-13(18(19,20)21)16(23-17)25-6-3/h7-10,12H,4-6,11H2,1-3H3. The van der Waals surface area contributed by atoms with Gasteiger partial charge in [0.15, 0.2) is 0 Å². The van der Waals surface area contributed by atoms with Crippen molar-refractivity contribution in [2.45, 2.75) is 33.4 Å². The third-order valence-corrected chi connectivity index (χ3v) is 3.50. The van der Waals surface area contributed by atoms with E-state index in [0.717, 1.165) is 12.6 Å². The molecule has 0 aliphatic heterocycles. The Kier molecular flexibility index (Phi) is 6.65. The number of para-hydroxylation sites is 2. The number of hydrogen-bond acceptors (Lipinski definition) is 5. The van der Waals surface area contributed by atoms with Gasteiger partial charge in [0.1, 0.15) is 11.3 Å². The Balaban J connectivity index is 2.46. The van der Waals surface area contributed by atoms with E-state index in [-0.39, 0.29) is 12.6 Å². The van der Waals surface area contributed by atoms with Crippen LogP contribution < -0.4 is 14.4 Å². The second-order valence-corrected chi connectivity index (χ2v) is 5.38. The first kappa shape index (κ1) is 19.8. The van der Waals surface area contributed by atoms with E-state index in [4.69, 9.17) is 9.47 Å². The van der Waals surface area contributed by atoms with Crippen molar-refractivity contribution in [3.8, 4) is 11.6 Å². The van der Waals surface area contributed by atoms with Crippen molar-refractivity contribution in [1.82, 2.24) is 9.97 Å². The lowest BCUT2D eigenvalue weighted by molar-refractivity contribution is -0.139. The smallest absolute Gasteiger partial charge is 0.423 e. The van der Waals surface area contributed by atoms with Gasteiger partial charge in [-0.25, -0.2) is 4.98 Å². The fourth-order valence-corrected chi connectivity index (χ4v) is 2.36. The van der Waals surface area contributed by atoms with Crippen LogP contribution in [0.5, 0.6) is 11.6 Å². The average molecular weight is 369 g/mol. The van der Waals surface area contributed by atoms with Gasteiger partial charge in [0.05, 0.1) is 18.9 Å². The quantitative estimate of drug-likeness (QED) is 0.666. The monoisotopic (exact) mass is 369 g/mol. The lowest BCUT2D eigenvalue weighted by Crippen LogP contribution is -2.21. The summed E-state index contributed by atoms with van der Waals surface area (Å²) in [5.41, 5.74) is -0.305. The van der Waals surface area contributed by atoms with Gasteiger partial charge in [-0.1, -0.05) is 19.1 Å². The van der Waals surface area contributed by atoms with E-state index < -0.39 is 17.6 Å². The average Bonchev–Trinajstić information content (AvgIpc) is 2.61. The molecule has 1 aromatic carbocycles. The number of halogens is 3. The molecule has 8 heteroatoms. The highest BCUT2D eigenvalue weighted by molar-refractivity contribution is 5.65. The molecule has 2 rings (SSSR count). The molecule has 0 saturated carbocycles. The molecule has 0 aliphatic carbocycles. The predicted octanol–water partition coefficient (Wildman–Crippen LogP) is 4.84. The van der Waals surface area contributed by atoms with Crippen molar-refractivity contribution in [2.75, 3.05) is 24.7 Å². The van der Waals surface area contributed by atoms with Crippen LogP contribution in [0.4, 0.5) is 24.8 Å². The fraction of sp³-hybridized carbons (Fsp3) is 0.444. The third-order valence-electron chi connectivity index (χ3n) is 3.50. The SMILES string of the molecule is CCCOc1ccccc1N(CC)c1ncc(C(F)(F)F)c(OCC)n1. The van der Waals surface area contributed by atoms with Crippen LogP contribution >= 0.6 is 0 Å². The number of anilines is 2. The lowest BCUT2D eigenvalue weighted by Gasteiger charge is -2.24. The van der Waals surface area contributed by atoms with E-state index in [1.807, 2.05) is 32.0 Å². The third kappa shape index (κ3) is 4.56. The van der Waals surface area contributed by atoms with Gasteiger partial charge in [-0.3, -0.25) is 0 Å². The molecule has 0 bridgehead atoms. The second kappa shape index (κ2) is 8.73. The van der Waals surface area contributed by atoms with E-state index in [1.165, 1.54) is 0 Å². The summed E-state index contributed by atoms with van der Waals surface area (Å²) in [5, 5.41) is 0. The molecule has 0 radical (unpaired) electrons. The largest absolute Gasteiger partial charge is 0.491 e. The highest BCUT2D eigenvalue weighted by atomic mass is 19.4. The van der Waals surface area contributed by atoms with Crippen LogP contribution in [0.25, 0.3) is 0 Å². The molecule has 26 heavy (non-hydrogen) atoms. The Morgan fingerprint density at radius 3 is 2.42 bits per heavy atom. The maximum absolute atomic E-state index is 13.1. The summed E-state index contributed by atoms with van der Waals surface area (Å²) in [6, 6.07) is 7.28. The summed E-state index contributed by atoms with van der Waals surface area (Å²) in [5.74, 6) is 0.268. The molecule has 2 aromatic rings. The summed E-state index contributed by atoms with van der Waals surface area (Å²) in [6.07, 6.45) is -2.99. The summed E-state index contributed by atoms with van der Waals surface area (Å²) in [4.78, 5) is 9.62. The van der Waals surface area contributed by atoms with Gasteiger partial charge < -0.3 is 14.4 Å². The number of benzene rings is 1. The zero-order valence-corrected chi connectivity index (χ0v) is 15.0. The lowest BCUT2D eigenvalue weighted by atomic mass is 10.2. The van der Waals surface area contributed by atoms with E-state index in [0.29, 0.717) is 24.6 Å². The van der Waals surface area contributed by atoms with Gasteiger partial charge in [0.25, 0.3) is 0 Å². The Bertz CT molecular complexity index is 723. The zero-order chi connectivity index (χ0) is 19.2. The minimum atomic E-state index is -4.58. The van der Waals surface area contributed by atoms with E-state index in [2.05, 4.69) is 9.97 Å². The molecule has 1 heterocycles. The fourth-order valence-electron chi connectivity index (χ4n) is 2.36. The molecule has 0 atom stereocenters. The maximum Gasteiger partial charge on any atom is 0.423 e. The van der Waals surface area contributed by atoms with Crippen molar-refractivity contribution < 1.29 is 22.6 Å². The van der Waals surface area contributed by atoms with Crippen LogP contribution in [-0.2, 0) is 6.18 Å². The Morgan fingerprint density at radius 2 is 1.81 bits per heavy atom. The molecule has 0 unspecified atom stereocenters. The molecule has 0 saturated heterocycles. The normalized spacial score (nSPS) is 11.3. The molecule has 0 aliphatic rings. The molecular formula is C18H22F3N3O2. The van der Waals surface area contributed by atoms with Crippen LogP contribution in [0.1, 0.15) is 32.8 Å². The van der Waals surface area contributed by atoms with Gasteiger partial charge in [-0.05, 0) is 32.4 Å². The van der Waals surface area contributed by atoms with Crippen LogP contribution in [0.2, 0.25) is 0 Å². The highest BCUT2D eigenvalue weighted by Gasteiger charge is 2.36. The molecule has 0 amide bonds. The van der Waals surface area contributed by atoms with Crippen molar-refractivity contribution in [1.29, 1.82) is 0 Å². The molecule has 142 valence electrons. The summed E-state index contributed by atoms with van der Waals surface area (Å²) in [6.45, 7) is 6.51. The van der Waals surface area contributed by atoms with Gasteiger partial charge in [0.2, 0.25) is 11.8 Å². The van der Waals surface area contributed by atoms with E-state index >= 15 is 0 Å². The number of ether oxygens (including phenoxy) is 2. The maximum atomic E-state index is 13.1. The zero-order valence-electron chi connectivity index (χ0n) is 15.0. The number of alkyl halides is 3. The summed E-state index contributed by atoms with van der Waals surface area (Å²) < 4.78 is 50.2. The second-order valence-electron chi connectivity index (χ2n) is 5.38. The first-order valence-electron chi connectivity index (χ1n) is 8.48. The Hall–Kier alpha value is -2.51.